The van der Waals surface area contributed by atoms with Crippen molar-refractivity contribution in [1.29, 1.82) is 0 Å². The van der Waals surface area contributed by atoms with E-state index in [4.69, 9.17) is 18.0 Å². The van der Waals surface area contributed by atoms with Crippen LogP contribution < -0.4 is 11.1 Å². The number of halogens is 1. The van der Waals surface area contributed by atoms with Crippen molar-refractivity contribution in [1.82, 2.24) is 4.98 Å². The van der Waals surface area contributed by atoms with Crippen LogP contribution in [0.5, 0.6) is 0 Å². The zero-order chi connectivity index (χ0) is 14.5. The molecule has 104 valence electrons. The van der Waals surface area contributed by atoms with Crippen molar-refractivity contribution in [3.63, 3.8) is 0 Å². The summed E-state index contributed by atoms with van der Waals surface area (Å²) >= 11 is 4.96. The van der Waals surface area contributed by atoms with Crippen LogP contribution in [0, 0.1) is 12.7 Å². The Balaban J connectivity index is 2.01. The topological polar surface area (TPSA) is 50.9 Å². The van der Waals surface area contributed by atoms with Crippen molar-refractivity contribution in [3.8, 4) is 0 Å². The molecule has 1 aromatic carbocycles. The molecule has 0 radical (unpaired) electrons. The van der Waals surface area contributed by atoms with E-state index in [2.05, 4.69) is 10.3 Å². The van der Waals surface area contributed by atoms with E-state index in [0.717, 1.165) is 11.3 Å². The van der Waals surface area contributed by atoms with Crippen LogP contribution in [-0.4, -0.2) is 16.5 Å². The van der Waals surface area contributed by atoms with E-state index in [-0.39, 0.29) is 5.82 Å². The number of nitrogens with zero attached hydrogens (tertiary/aromatic N) is 1. The van der Waals surface area contributed by atoms with Gasteiger partial charge in [-0.25, -0.2) is 9.37 Å². The summed E-state index contributed by atoms with van der Waals surface area (Å²) < 4.78 is 13.5. The van der Waals surface area contributed by atoms with Gasteiger partial charge < -0.3 is 11.1 Å². The van der Waals surface area contributed by atoms with E-state index in [9.17, 15) is 4.39 Å². The second-order valence-corrected chi connectivity index (χ2v) is 4.95. The molecule has 0 aliphatic carbocycles. The predicted molar refractivity (Wildman–Crippen MR) is 83.5 cm³/mol. The third kappa shape index (κ3) is 3.74. The monoisotopic (exact) mass is 289 g/mol. The van der Waals surface area contributed by atoms with E-state index in [0.29, 0.717) is 29.3 Å². The lowest BCUT2D eigenvalue weighted by atomic mass is 10.1. The maximum Gasteiger partial charge on any atom is 0.126 e. The lowest BCUT2D eigenvalue weighted by Gasteiger charge is -2.09. The Labute approximate surface area is 123 Å². The first kappa shape index (κ1) is 14.4. The van der Waals surface area contributed by atoms with Gasteiger partial charge in [0.15, 0.2) is 0 Å². The van der Waals surface area contributed by atoms with Crippen LogP contribution in [0.4, 0.5) is 10.2 Å². The van der Waals surface area contributed by atoms with Crippen molar-refractivity contribution < 1.29 is 4.39 Å². The Morgan fingerprint density at radius 3 is 2.80 bits per heavy atom. The molecule has 0 spiro atoms. The molecule has 0 saturated heterocycles. The molecule has 0 amide bonds. The molecule has 1 heterocycles. The number of rotatable bonds is 5. The van der Waals surface area contributed by atoms with Gasteiger partial charge >= 0.3 is 0 Å². The second kappa shape index (κ2) is 6.43. The molecular formula is C15H16FN3S. The van der Waals surface area contributed by atoms with Crippen LogP contribution >= 0.6 is 12.2 Å². The molecule has 0 unspecified atom stereocenters. The molecule has 0 aliphatic rings. The zero-order valence-electron chi connectivity index (χ0n) is 11.2. The fraction of sp³-hybridized carbons (Fsp3) is 0.200. The summed E-state index contributed by atoms with van der Waals surface area (Å²) in [6, 6.07) is 10.4. The minimum absolute atomic E-state index is 0.185. The summed E-state index contributed by atoms with van der Waals surface area (Å²) in [6.07, 6.45) is 0.588. The van der Waals surface area contributed by atoms with E-state index in [1.807, 2.05) is 19.1 Å². The van der Waals surface area contributed by atoms with Crippen LogP contribution in [-0.2, 0) is 6.42 Å². The van der Waals surface area contributed by atoms with Crippen molar-refractivity contribution >= 4 is 23.0 Å². The molecular weight excluding hydrogens is 273 g/mol. The second-order valence-electron chi connectivity index (χ2n) is 4.51. The fourth-order valence-electron chi connectivity index (χ4n) is 1.93. The minimum Gasteiger partial charge on any atom is -0.389 e. The highest BCUT2D eigenvalue weighted by Gasteiger charge is 2.04. The van der Waals surface area contributed by atoms with Gasteiger partial charge in [-0.05, 0) is 37.1 Å². The number of nitrogens with two attached hydrogens (primary N) is 1. The predicted octanol–water partition coefficient (Wildman–Crippen LogP) is 2.82. The summed E-state index contributed by atoms with van der Waals surface area (Å²) in [5, 5.41) is 3.16. The van der Waals surface area contributed by atoms with E-state index < -0.39 is 0 Å². The third-order valence-corrected chi connectivity index (χ3v) is 3.13. The molecule has 0 atom stereocenters. The van der Waals surface area contributed by atoms with Crippen molar-refractivity contribution in [3.05, 3.63) is 59.0 Å². The summed E-state index contributed by atoms with van der Waals surface area (Å²) in [5.41, 5.74) is 7.92. The molecule has 5 heteroatoms. The van der Waals surface area contributed by atoms with E-state index in [1.54, 1.807) is 18.2 Å². The van der Waals surface area contributed by atoms with Crippen molar-refractivity contribution in [2.75, 3.05) is 11.9 Å². The highest BCUT2D eigenvalue weighted by atomic mass is 32.1. The standard InChI is InChI=1S/C15H16FN3S/c1-10-8-12(15(17)20)9-14(19-10)18-7-6-11-4-2-3-5-13(11)16/h2-5,8-9H,6-7H2,1H3,(H2,17,20)(H,18,19). The van der Waals surface area contributed by atoms with Gasteiger partial charge in [0.1, 0.15) is 16.6 Å². The number of hydrogen-bond donors (Lipinski definition) is 2. The molecule has 0 bridgehead atoms. The fourth-order valence-corrected chi connectivity index (χ4v) is 2.05. The van der Waals surface area contributed by atoms with Crippen LogP contribution in [0.15, 0.2) is 36.4 Å². The highest BCUT2D eigenvalue weighted by molar-refractivity contribution is 7.80. The number of nitrogens with one attached hydrogen (secondary N) is 1. The van der Waals surface area contributed by atoms with E-state index >= 15 is 0 Å². The van der Waals surface area contributed by atoms with Crippen molar-refractivity contribution in [2.45, 2.75) is 13.3 Å². The maximum atomic E-state index is 13.5. The SMILES string of the molecule is Cc1cc(C(N)=S)cc(NCCc2ccccc2F)n1. The average Bonchev–Trinajstić information content (AvgIpc) is 2.40. The van der Waals surface area contributed by atoms with Gasteiger partial charge in [-0.15, -0.1) is 0 Å². The molecule has 0 saturated carbocycles. The number of aryl methyl sites for hydroxylation is 1. The number of hydrogen-bond acceptors (Lipinski definition) is 3. The van der Waals surface area contributed by atoms with Gasteiger partial charge in [0.2, 0.25) is 0 Å². The highest BCUT2D eigenvalue weighted by Crippen LogP contribution is 2.11. The van der Waals surface area contributed by atoms with Crippen LogP contribution in [0.1, 0.15) is 16.8 Å². The molecule has 0 fully saturated rings. The molecule has 2 aromatic rings. The lowest BCUT2D eigenvalue weighted by molar-refractivity contribution is 0.610. The molecule has 1 aromatic heterocycles. The number of benzene rings is 1. The summed E-state index contributed by atoms with van der Waals surface area (Å²) in [5.74, 6) is 0.513. The molecule has 20 heavy (non-hydrogen) atoms. The van der Waals surface area contributed by atoms with Gasteiger partial charge in [0, 0.05) is 17.8 Å². The molecule has 3 N–H and O–H groups in total. The van der Waals surface area contributed by atoms with Gasteiger partial charge in [-0.3, -0.25) is 0 Å². The first-order chi connectivity index (χ1) is 9.56. The summed E-state index contributed by atoms with van der Waals surface area (Å²) in [7, 11) is 0. The Kier molecular flexibility index (Phi) is 4.63. The van der Waals surface area contributed by atoms with Crippen molar-refractivity contribution in [2.24, 2.45) is 5.73 Å². The summed E-state index contributed by atoms with van der Waals surface area (Å²) in [6.45, 7) is 2.47. The zero-order valence-corrected chi connectivity index (χ0v) is 12.0. The summed E-state index contributed by atoms with van der Waals surface area (Å²) in [4.78, 5) is 4.69. The Morgan fingerprint density at radius 1 is 1.35 bits per heavy atom. The van der Waals surface area contributed by atoms with Crippen LogP contribution in [0.3, 0.4) is 0 Å². The number of aromatic nitrogens is 1. The average molecular weight is 289 g/mol. The normalized spacial score (nSPS) is 10.3. The van der Waals surface area contributed by atoms with Gasteiger partial charge in [-0.1, -0.05) is 30.4 Å². The van der Waals surface area contributed by atoms with E-state index in [1.165, 1.54) is 6.07 Å². The molecule has 0 aliphatic heterocycles. The van der Waals surface area contributed by atoms with Gasteiger partial charge in [0.05, 0.1) is 0 Å². The first-order valence-electron chi connectivity index (χ1n) is 6.32. The number of pyridine rings is 1. The smallest absolute Gasteiger partial charge is 0.126 e. The van der Waals surface area contributed by atoms with Crippen LogP contribution in [0.25, 0.3) is 0 Å². The Hall–Kier alpha value is -2.01. The molecule has 2 rings (SSSR count). The third-order valence-electron chi connectivity index (χ3n) is 2.90. The van der Waals surface area contributed by atoms with Gasteiger partial charge in [-0.2, -0.15) is 0 Å². The first-order valence-corrected chi connectivity index (χ1v) is 6.73. The molecule has 3 nitrogen and oxygen atoms in total. The number of anilines is 1. The van der Waals surface area contributed by atoms with Gasteiger partial charge in [0.25, 0.3) is 0 Å². The Bertz CT molecular complexity index is 628. The van der Waals surface area contributed by atoms with Crippen LogP contribution in [0.2, 0.25) is 0 Å². The number of thiocarbonyl (C=S) groups is 1. The largest absolute Gasteiger partial charge is 0.389 e. The maximum absolute atomic E-state index is 13.5. The Morgan fingerprint density at radius 2 is 2.10 bits per heavy atom. The minimum atomic E-state index is -0.185. The quantitative estimate of drug-likeness (QED) is 0.831. The lowest BCUT2D eigenvalue weighted by Crippen LogP contribution is -2.12.